The van der Waals surface area contributed by atoms with Gasteiger partial charge in [-0.05, 0) is 80.3 Å². The molecule has 0 spiro atoms. The first-order chi connectivity index (χ1) is 13.2. The second-order valence-electron chi connectivity index (χ2n) is 10.5. The van der Waals surface area contributed by atoms with E-state index in [1.54, 1.807) is 0 Å². The van der Waals surface area contributed by atoms with Crippen molar-refractivity contribution in [3.05, 3.63) is 28.8 Å². The number of aromatic hydroxyl groups is 1. The Morgan fingerprint density at radius 2 is 1.71 bits per heavy atom. The van der Waals surface area contributed by atoms with Crippen molar-refractivity contribution >= 4 is 0 Å². The average molecular weight is 386 g/mol. The van der Waals surface area contributed by atoms with Gasteiger partial charge in [-0.25, -0.2) is 0 Å². The van der Waals surface area contributed by atoms with Gasteiger partial charge in [-0.15, -0.1) is 0 Å². The quantitative estimate of drug-likeness (QED) is 0.493. The smallest absolute Gasteiger partial charge is 0.123 e. The number of nitrogens with zero attached hydrogens (tertiary/aromatic N) is 1. The number of benzene rings is 1. The fourth-order valence-corrected chi connectivity index (χ4v) is 6.22. The van der Waals surface area contributed by atoms with Crippen molar-refractivity contribution in [3.8, 4) is 5.75 Å². The van der Waals surface area contributed by atoms with Gasteiger partial charge in [0.05, 0.1) is 0 Å². The first-order valence-electron chi connectivity index (χ1n) is 11.8. The Morgan fingerprint density at radius 1 is 1.07 bits per heavy atom. The number of hydrogen-bond acceptors (Lipinski definition) is 2. The van der Waals surface area contributed by atoms with Gasteiger partial charge in [-0.2, -0.15) is 0 Å². The summed E-state index contributed by atoms with van der Waals surface area (Å²) in [6, 6.07) is 4.51. The molecule has 2 heteroatoms. The number of rotatable bonds is 9. The molecule has 2 aliphatic carbocycles. The minimum absolute atomic E-state index is 0.310. The summed E-state index contributed by atoms with van der Waals surface area (Å²) in [6.07, 6.45) is 8.84. The molecule has 2 bridgehead atoms. The van der Waals surface area contributed by atoms with Crippen molar-refractivity contribution in [3.63, 3.8) is 0 Å². The summed E-state index contributed by atoms with van der Waals surface area (Å²) in [7, 11) is 0. The van der Waals surface area contributed by atoms with E-state index in [2.05, 4.69) is 58.6 Å². The molecule has 3 atom stereocenters. The van der Waals surface area contributed by atoms with Crippen LogP contribution in [-0.2, 0) is 6.54 Å². The molecule has 1 aromatic carbocycles. The molecule has 158 valence electrons. The summed E-state index contributed by atoms with van der Waals surface area (Å²) < 4.78 is 0. The van der Waals surface area contributed by atoms with Crippen LogP contribution in [0, 0.1) is 23.7 Å². The van der Waals surface area contributed by atoms with Crippen molar-refractivity contribution in [1.82, 2.24) is 4.90 Å². The number of aryl methyl sites for hydroxylation is 1. The molecule has 1 aromatic rings. The molecule has 0 heterocycles. The van der Waals surface area contributed by atoms with Crippen LogP contribution in [0.15, 0.2) is 12.1 Å². The van der Waals surface area contributed by atoms with Gasteiger partial charge in [-0.1, -0.05) is 65.2 Å². The van der Waals surface area contributed by atoms with E-state index >= 15 is 0 Å². The lowest BCUT2D eigenvalue weighted by Crippen LogP contribution is -2.31. The molecule has 3 rings (SSSR count). The van der Waals surface area contributed by atoms with Gasteiger partial charge in [0.1, 0.15) is 5.75 Å². The van der Waals surface area contributed by atoms with Crippen LogP contribution in [0.1, 0.15) is 102 Å². The lowest BCUT2D eigenvalue weighted by molar-refractivity contribution is 0.133. The van der Waals surface area contributed by atoms with E-state index in [1.807, 2.05) is 0 Å². The third-order valence-electron chi connectivity index (χ3n) is 8.58. The maximum atomic E-state index is 11.4. The zero-order valence-electron chi connectivity index (χ0n) is 19.3. The van der Waals surface area contributed by atoms with E-state index in [1.165, 1.54) is 56.1 Å². The first kappa shape index (κ1) is 21.7. The van der Waals surface area contributed by atoms with Gasteiger partial charge in [0.15, 0.2) is 0 Å². The monoisotopic (exact) mass is 385 g/mol. The van der Waals surface area contributed by atoms with Crippen molar-refractivity contribution in [2.45, 2.75) is 99.0 Å². The highest BCUT2D eigenvalue weighted by atomic mass is 16.3. The summed E-state index contributed by atoms with van der Waals surface area (Å²) in [5.41, 5.74) is 4.37. The predicted octanol–water partition coefficient (Wildman–Crippen LogP) is 7.03. The fraction of sp³-hybridized carbons (Fsp3) is 0.769. The minimum atomic E-state index is 0.310. The lowest BCUT2D eigenvalue weighted by Gasteiger charge is -2.40. The van der Waals surface area contributed by atoms with Crippen LogP contribution in [0.4, 0.5) is 0 Å². The van der Waals surface area contributed by atoms with Crippen LogP contribution in [0.2, 0.25) is 0 Å². The first-order valence-corrected chi connectivity index (χ1v) is 11.8. The summed E-state index contributed by atoms with van der Waals surface area (Å²) in [4.78, 5) is 2.55. The van der Waals surface area contributed by atoms with E-state index in [4.69, 9.17) is 0 Å². The molecule has 0 amide bonds. The number of phenols is 1. The molecule has 28 heavy (non-hydrogen) atoms. The average Bonchev–Trinajstić information content (AvgIpc) is 2.99. The SMILES string of the molecule is CCCCN(CCCC)Cc1cc(C)cc(C2CC3CCC2(C)C3(C)C)c1O. The third kappa shape index (κ3) is 3.74. The Labute approximate surface area is 173 Å². The normalized spacial score (nSPS) is 28.4. The molecule has 2 nitrogen and oxygen atoms in total. The summed E-state index contributed by atoms with van der Waals surface area (Å²) in [5.74, 6) is 1.90. The highest BCUT2D eigenvalue weighted by molar-refractivity contribution is 5.47. The molecule has 0 aliphatic heterocycles. The highest BCUT2D eigenvalue weighted by Gasteiger charge is 2.61. The van der Waals surface area contributed by atoms with E-state index < -0.39 is 0 Å². The molecule has 0 radical (unpaired) electrons. The molecular weight excluding hydrogens is 342 g/mol. The third-order valence-corrected chi connectivity index (χ3v) is 8.58. The maximum absolute atomic E-state index is 11.4. The fourth-order valence-electron chi connectivity index (χ4n) is 6.22. The Balaban J connectivity index is 1.88. The number of hydrogen-bond donors (Lipinski definition) is 1. The molecule has 0 aromatic heterocycles. The molecule has 1 N–H and O–H groups in total. The van der Waals surface area contributed by atoms with Gasteiger partial charge in [0.2, 0.25) is 0 Å². The molecule has 3 unspecified atom stereocenters. The topological polar surface area (TPSA) is 23.5 Å². The zero-order valence-corrected chi connectivity index (χ0v) is 19.3. The summed E-state index contributed by atoms with van der Waals surface area (Å²) in [6.45, 7) is 17.3. The Kier molecular flexibility index (Phi) is 6.49. The second-order valence-corrected chi connectivity index (χ2v) is 10.5. The molecule has 2 saturated carbocycles. The van der Waals surface area contributed by atoms with Crippen molar-refractivity contribution in [2.24, 2.45) is 16.7 Å². The minimum Gasteiger partial charge on any atom is -0.507 e. The van der Waals surface area contributed by atoms with Crippen molar-refractivity contribution in [1.29, 1.82) is 0 Å². The number of phenolic OH excluding ortho intramolecular Hbond substituents is 1. The van der Waals surface area contributed by atoms with E-state index in [0.29, 0.717) is 22.5 Å². The lowest BCUT2D eigenvalue weighted by atomic mass is 9.64. The molecule has 2 fully saturated rings. The van der Waals surface area contributed by atoms with E-state index in [-0.39, 0.29) is 0 Å². The molecular formula is C26H43NO. The van der Waals surface area contributed by atoms with Crippen LogP contribution in [0.3, 0.4) is 0 Å². The maximum Gasteiger partial charge on any atom is 0.123 e. The molecule has 0 saturated heterocycles. The largest absolute Gasteiger partial charge is 0.507 e. The Bertz CT molecular complexity index is 671. The summed E-state index contributed by atoms with van der Waals surface area (Å²) in [5, 5.41) is 11.4. The van der Waals surface area contributed by atoms with Crippen LogP contribution in [0.25, 0.3) is 0 Å². The van der Waals surface area contributed by atoms with E-state index in [0.717, 1.165) is 31.1 Å². The van der Waals surface area contributed by atoms with Gasteiger partial charge >= 0.3 is 0 Å². The van der Waals surface area contributed by atoms with Gasteiger partial charge in [0, 0.05) is 12.1 Å². The van der Waals surface area contributed by atoms with Crippen LogP contribution in [0.5, 0.6) is 5.75 Å². The van der Waals surface area contributed by atoms with Crippen molar-refractivity contribution < 1.29 is 5.11 Å². The molecule has 2 aliphatic rings. The van der Waals surface area contributed by atoms with Gasteiger partial charge in [-0.3, -0.25) is 4.90 Å². The van der Waals surface area contributed by atoms with Gasteiger partial charge < -0.3 is 5.11 Å². The standard InChI is InChI=1S/C26H43NO/c1-7-9-13-27(14-10-8-2)18-20-15-19(3)16-22(24(20)28)23-17-21-11-12-26(23,6)25(21,4)5/h15-16,21,23,28H,7-14,17-18H2,1-6H3. The van der Waals surface area contributed by atoms with Gasteiger partial charge in [0.25, 0.3) is 0 Å². The Morgan fingerprint density at radius 3 is 2.21 bits per heavy atom. The number of unbranched alkanes of at least 4 members (excludes halogenated alkanes) is 2. The Hall–Kier alpha value is -1.02. The number of fused-ring (bicyclic) bond motifs is 2. The second kappa shape index (κ2) is 8.38. The van der Waals surface area contributed by atoms with E-state index in [9.17, 15) is 5.11 Å². The van der Waals surface area contributed by atoms with Crippen LogP contribution < -0.4 is 0 Å². The van der Waals surface area contributed by atoms with Crippen LogP contribution in [-0.4, -0.2) is 23.1 Å². The predicted molar refractivity (Wildman–Crippen MR) is 120 cm³/mol. The zero-order chi connectivity index (χ0) is 20.5. The van der Waals surface area contributed by atoms with Crippen molar-refractivity contribution in [2.75, 3.05) is 13.1 Å². The summed E-state index contributed by atoms with van der Waals surface area (Å²) >= 11 is 0. The van der Waals surface area contributed by atoms with Crippen LogP contribution >= 0.6 is 0 Å². The highest BCUT2D eigenvalue weighted by Crippen LogP contribution is 2.71.